The summed E-state index contributed by atoms with van der Waals surface area (Å²) in [7, 11) is 0. The second kappa shape index (κ2) is 14.7. The minimum Gasteiger partial charge on any atom is -0.508 e. The third-order valence-corrected chi connectivity index (χ3v) is 9.66. The molecule has 0 amide bonds. The fourth-order valence-electron chi connectivity index (χ4n) is 5.85. The number of hydrogen-bond donors (Lipinski definition) is 3. The van der Waals surface area contributed by atoms with Gasteiger partial charge in [0.15, 0.2) is 0 Å². The molecule has 1 aliphatic rings. The van der Waals surface area contributed by atoms with E-state index in [0.717, 1.165) is 50.7 Å². The molecule has 2 aromatic carbocycles. The van der Waals surface area contributed by atoms with Gasteiger partial charge in [-0.15, -0.1) is 11.8 Å². The molecule has 37 heavy (non-hydrogen) atoms. The van der Waals surface area contributed by atoms with Crippen molar-refractivity contribution in [1.29, 1.82) is 0 Å². The van der Waals surface area contributed by atoms with Crippen LogP contribution in [0.3, 0.4) is 0 Å². The molecule has 1 aliphatic heterocycles. The average Bonchev–Trinajstić information content (AvgIpc) is 2.88. The first kappa shape index (κ1) is 29.4. The molecule has 3 N–H and O–H groups in total. The molecule has 204 valence electrons. The van der Waals surface area contributed by atoms with Crippen molar-refractivity contribution in [1.82, 2.24) is 0 Å². The minimum absolute atomic E-state index is 0.0206. The number of fused-ring (bicyclic) bond motifs is 1. The summed E-state index contributed by atoms with van der Waals surface area (Å²) < 4.78 is 0. The summed E-state index contributed by atoms with van der Waals surface area (Å²) in [6.07, 6.45) is 14.4. The molecule has 0 aromatic heterocycles. The lowest BCUT2D eigenvalue weighted by Crippen LogP contribution is -2.36. The van der Waals surface area contributed by atoms with Crippen LogP contribution >= 0.6 is 11.8 Å². The maximum absolute atomic E-state index is 11.4. The van der Waals surface area contributed by atoms with Gasteiger partial charge in [0.1, 0.15) is 11.5 Å². The third kappa shape index (κ3) is 8.43. The highest BCUT2D eigenvalue weighted by Gasteiger charge is 2.41. The van der Waals surface area contributed by atoms with E-state index in [4.69, 9.17) is 0 Å². The Morgan fingerprint density at radius 2 is 1.49 bits per heavy atom. The average molecular weight is 527 g/mol. The van der Waals surface area contributed by atoms with Gasteiger partial charge in [-0.3, -0.25) is 4.79 Å². The summed E-state index contributed by atoms with van der Waals surface area (Å²) >= 11 is 1.82. The van der Waals surface area contributed by atoms with E-state index in [1.165, 1.54) is 54.5 Å². The molecule has 1 unspecified atom stereocenters. The number of carboxylic acid groups (broad SMARTS) is 1. The zero-order chi connectivity index (χ0) is 26.7. The first-order chi connectivity index (χ1) is 17.8. The Bertz CT molecular complexity index is 973. The highest BCUT2D eigenvalue weighted by Crippen LogP contribution is 2.52. The monoisotopic (exact) mass is 526 g/mol. The van der Waals surface area contributed by atoms with Gasteiger partial charge in [-0.2, -0.15) is 0 Å². The number of thioether (sulfide) groups is 1. The van der Waals surface area contributed by atoms with Crippen LogP contribution in [0.15, 0.2) is 47.4 Å². The van der Waals surface area contributed by atoms with Crippen LogP contribution in [0.1, 0.15) is 114 Å². The predicted octanol–water partition coefficient (Wildman–Crippen LogP) is 9.04. The van der Waals surface area contributed by atoms with Crippen LogP contribution in [-0.4, -0.2) is 27.0 Å². The van der Waals surface area contributed by atoms with Gasteiger partial charge in [-0.1, -0.05) is 96.3 Å². The van der Waals surface area contributed by atoms with Crippen LogP contribution in [0.4, 0.5) is 0 Å². The molecule has 3 rings (SSSR count). The smallest absolute Gasteiger partial charge is 0.306 e. The van der Waals surface area contributed by atoms with E-state index in [9.17, 15) is 20.1 Å². The van der Waals surface area contributed by atoms with E-state index in [0.29, 0.717) is 17.4 Å². The zero-order valence-corrected chi connectivity index (χ0v) is 23.6. The Kier molecular flexibility index (Phi) is 11.7. The maximum Gasteiger partial charge on any atom is 0.306 e. The van der Waals surface area contributed by atoms with Gasteiger partial charge in [0, 0.05) is 16.1 Å². The lowest BCUT2D eigenvalue weighted by atomic mass is 9.68. The van der Waals surface area contributed by atoms with Crippen molar-refractivity contribution >= 4 is 17.7 Å². The molecule has 0 fully saturated rings. The topological polar surface area (TPSA) is 77.8 Å². The van der Waals surface area contributed by atoms with Crippen LogP contribution in [0, 0.1) is 5.92 Å². The summed E-state index contributed by atoms with van der Waals surface area (Å²) in [5, 5.41) is 29.2. The molecule has 0 bridgehead atoms. The summed E-state index contributed by atoms with van der Waals surface area (Å²) in [6, 6.07) is 13.6. The van der Waals surface area contributed by atoms with Gasteiger partial charge in [-0.25, -0.2) is 0 Å². The second-order valence-electron chi connectivity index (χ2n) is 11.1. The second-order valence-corrected chi connectivity index (χ2v) is 12.1. The summed E-state index contributed by atoms with van der Waals surface area (Å²) in [6.45, 7) is 4.47. The Morgan fingerprint density at radius 3 is 2.14 bits per heavy atom. The van der Waals surface area contributed by atoms with Crippen LogP contribution in [0.2, 0.25) is 0 Å². The molecule has 5 heteroatoms. The Labute approximate surface area is 227 Å². The quantitative estimate of drug-likeness (QED) is 0.190. The molecular formula is C32H46O4S. The standard InChI is InChI=1S/C32H46O4S/c1-3-4-13-24(31(35)36)14-11-9-7-5-6-8-10-12-15-29-28-21-20-27(34)22-30(28)37-23-32(29,2)25-16-18-26(33)19-17-25/h16-22,24,29,33-34H,3-15,23H2,1-2H3,(H,35,36)/t24?,29-,32-/m1/s1. The first-order valence-electron chi connectivity index (χ1n) is 14.3. The van der Waals surface area contributed by atoms with Crippen LogP contribution in [0.5, 0.6) is 11.5 Å². The molecule has 0 aliphatic carbocycles. The van der Waals surface area contributed by atoms with Crippen LogP contribution in [0.25, 0.3) is 0 Å². The normalized spacial score (nSPS) is 19.9. The molecule has 1 heterocycles. The van der Waals surface area contributed by atoms with Gasteiger partial charge in [-0.05, 0) is 60.6 Å². The molecule has 0 spiro atoms. The van der Waals surface area contributed by atoms with Crippen molar-refractivity contribution in [3.63, 3.8) is 0 Å². The fraction of sp³-hybridized carbons (Fsp3) is 0.594. The number of carbonyl (C=O) groups is 1. The Hall–Kier alpha value is -2.14. The van der Waals surface area contributed by atoms with Crippen LogP contribution in [-0.2, 0) is 10.2 Å². The van der Waals surface area contributed by atoms with Crippen molar-refractivity contribution in [3.8, 4) is 11.5 Å². The van der Waals surface area contributed by atoms with E-state index >= 15 is 0 Å². The number of aromatic hydroxyl groups is 2. The lowest BCUT2D eigenvalue weighted by molar-refractivity contribution is -0.142. The zero-order valence-electron chi connectivity index (χ0n) is 22.8. The number of hydrogen-bond acceptors (Lipinski definition) is 4. The van der Waals surface area contributed by atoms with E-state index in [2.05, 4.69) is 32.0 Å². The molecule has 4 nitrogen and oxygen atoms in total. The molecule has 0 saturated heterocycles. The SMILES string of the molecule is CCCCC(CCCCCCCCCC[C@@H]1c2ccc(O)cc2SC[C@]1(C)c1ccc(O)cc1)C(=O)O. The number of aliphatic carboxylic acids is 1. The van der Waals surface area contributed by atoms with Crippen molar-refractivity contribution in [2.24, 2.45) is 5.92 Å². The van der Waals surface area contributed by atoms with Gasteiger partial charge >= 0.3 is 5.97 Å². The highest BCUT2D eigenvalue weighted by atomic mass is 32.2. The van der Waals surface area contributed by atoms with E-state index in [1.807, 2.05) is 23.9 Å². The molecule has 2 aromatic rings. The lowest BCUT2D eigenvalue weighted by Gasteiger charge is -2.43. The van der Waals surface area contributed by atoms with E-state index in [-0.39, 0.29) is 11.3 Å². The van der Waals surface area contributed by atoms with Gasteiger partial charge in [0.25, 0.3) is 0 Å². The van der Waals surface area contributed by atoms with Gasteiger partial charge in [0.2, 0.25) is 0 Å². The summed E-state index contributed by atoms with van der Waals surface area (Å²) in [5.74, 6) is 1.20. The number of phenols is 2. The summed E-state index contributed by atoms with van der Waals surface area (Å²) in [5.41, 5.74) is 2.58. The van der Waals surface area contributed by atoms with Crippen molar-refractivity contribution in [3.05, 3.63) is 53.6 Å². The molecule has 0 saturated carbocycles. The number of unbranched alkanes of at least 4 members (excludes halogenated alkanes) is 8. The Morgan fingerprint density at radius 1 is 0.892 bits per heavy atom. The fourth-order valence-corrected chi connectivity index (χ4v) is 7.25. The van der Waals surface area contributed by atoms with Gasteiger partial charge in [0.05, 0.1) is 5.92 Å². The number of rotatable bonds is 16. The van der Waals surface area contributed by atoms with Crippen molar-refractivity contribution in [2.75, 3.05) is 5.75 Å². The first-order valence-corrected chi connectivity index (χ1v) is 15.3. The van der Waals surface area contributed by atoms with E-state index < -0.39 is 5.97 Å². The van der Waals surface area contributed by atoms with E-state index in [1.54, 1.807) is 12.1 Å². The molecule has 3 atom stereocenters. The summed E-state index contributed by atoms with van der Waals surface area (Å²) in [4.78, 5) is 12.6. The van der Waals surface area contributed by atoms with Crippen LogP contribution < -0.4 is 0 Å². The third-order valence-electron chi connectivity index (χ3n) is 8.25. The molecular weight excluding hydrogens is 480 g/mol. The number of phenolic OH excluding ortho intramolecular Hbond substituents is 2. The van der Waals surface area contributed by atoms with Crippen molar-refractivity contribution in [2.45, 2.75) is 114 Å². The molecule has 0 radical (unpaired) electrons. The number of carboxylic acids is 1. The maximum atomic E-state index is 11.4. The minimum atomic E-state index is -0.619. The van der Waals surface area contributed by atoms with Crippen molar-refractivity contribution < 1.29 is 20.1 Å². The van der Waals surface area contributed by atoms with Gasteiger partial charge < -0.3 is 15.3 Å². The number of benzene rings is 2. The Balaban J connectivity index is 1.44. The highest BCUT2D eigenvalue weighted by molar-refractivity contribution is 7.99. The largest absolute Gasteiger partial charge is 0.508 e. The predicted molar refractivity (Wildman–Crippen MR) is 154 cm³/mol.